The topological polar surface area (TPSA) is 179 Å². The van der Waals surface area contributed by atoms with E-state index in [1.54, 1.807) is 43.3 Å². The molecule has 294 valence electrons. The van der Waals surface area contributed by atoms with Crippen LogP contribution >= 0.6 is 0 Å². The molecule has 0 spiro atoms. The molecule has 0 unspecified atom stereocenters. The van der Waals surface area contributed by atoms with Gasteiger partial charge in [-0.25, -0.2) is 8.42 Å². The Morgan fingerprint density at radius 1 is 0.724 bits per heavy atom. The number of benzene rings is 4. The molecule has 2 amide bonds. The summed E-state index contributed by atoms with van der Waals surface area (Å²) in [6.07, 6.45) is 6.09. The number of nitrogens with one attached hydrogen (secondary N) is 2. The average molecular weight is 857 g/mol. The maximum absolute atomic E-state index is 13.9. The number of sulfonamides is 1. The van der Waals surface area contributed by atoms with Crippen molar-refractivity contribution >= 4 is 50.8 Å². The fourth-order valence-electron chi connectivity index (χ4n) is 7.58. The van der Waals surface area contributed by atoms with Crippen molar-refractivity contribution in [3.63, 3.8) is 0 Å². The van der Waals surface area contributed by atoms with Crippen molar-refractivity contribution in [2.45, 2.75) is 75.6 Å². The Balaban J connectivity index is 0.00000372. The second kappa shape index (κ2) is 22.5. The largest absolute Gasteiger partial charge is 1.00 e. The number of carbonyl (C=O) groups excluding carboxylic acids is 4. The zero-order valence-electron chi connectivity index (χ0n) is 33.4. The number of amides is 2. The summed E-state index contributed by atoms with van der Waals surface area (Å²) < 4.78 is 29.1. The van der Waals surface area contributed by atoms with Gasteiger partial charge in [-0.1, -0.05) is 49.4 Å². The fourth-order valence-corrected chi connectivity index (χ4v) is 9.32. The normalized spacial score (nSPS) is 16.7. The molecule has 0 radical (unpaired) electrons. The zero-order chi connectivity index (χ0) is 39.8. The van der Waals surface area contributed by atoms with Crippen molar-refractivity contribution in [1.29, 1.82) is 0 Å². The maximum atomic E-state index is 13.9. The molecule has 4 aromatic carbocycles. The Hall–Kier alpha value is -2.26. The number of hydrogen-bond acceptors (Lipinski definition) is 9. The van der Waals surface area contributed by atoms with Gasteiger partial charge in [0, 0.05) is 48.6 Å². The Morgan fingerprint density at radius 3 is 1.93 bits per heavy atom. The van der Waals surface area contributed by atoms with Gasteiger partial charge in [-0.2, -0.15) is 4.31 Å². The quantitative estimate of drug-likeness (QED) is 0.145. The molecule has 1 aliphatic heterocycles. The number of aryl methyl sites for hydroxylation is 2. The molecule has 58 heavy (non-hydrogen) atoms. The summed E-state index contributed by atoms with van der Waals surface area (Å²) in [6.45, 7) is 3.62. The third-order valence-corrected chi connectivity index (χ3v) is 12.8. The monoisotopic (exact) mass is 856 g/mol. The minimum absolute atomic E-state index is 0. The first-order valence-electron chi connectivity index (χ1n) is 19.2. The number of aromatic carboxylic acids is 1. The third-order valence-electron chi connectivity index (χ3n) is 10.8. The third kappa shape index (κ3) is 12.4. The molecule has 12 nitrogen and oxygen atoms in total. The van der Waals surface area contributed by atoms with E-state index < -0.39 is 39.7 Å². The van der Waals surface area contributed by atoms with E-state index in [9.17, 15) is 37.8 Å². The number of carbonyl (C=O) groups is 4. The minimum Gasteiger partial charge on any atom is -0.550 e. The van der Waals surface area contributed by atoms with E-state index in [1.165, 1.54) is 40.7 Å². The molecule has 0 atom stereocenters. The van der Waals surface area contributed by atoms with Crippen LogP contribution in [0.3, 0.4) is 0 Å². The van der Waals surface area contributed by atoms with Crippen LogP contribution in [0.1, 0.15) is 94.1 Å². The van der Waals surface area contributed by atoms with E-state index in [0.29, 0.717) is 44.2 Å². The Labute approximate surface area is 425 Å². The van der Waals surface area contributed by atoms with Gasteiger partial charge >= 0.3 is 103 Å². The molecule has 1 aliphatic carbocycles. The van der Waals surface area contributed by atoms with Crippen molar-refractivity contribution in [2.75, 3.05) is 35.2 Å². The second-order valence-electron chi connectivity index (χ2n) is 14.4. The van der Waals surface area contributed by atoms with Crippen LogP contribution in [0, 0.1) is 5.92 Å². The predicted molar refractivity (Wildman–Crippen MR) is 210 cm³/mol. The molecule has 15 heteroatoms. The number of piperidine rings is 1. The number of nitrogens with zero attached hydrogens (tertiary/aromatic N) is 2. The number of carboxylic acids is 2. The molecule has 4 aromatic rings. The fraction of sp³-hybridized carbons (Fsp3) is 0.349. The van der Waals surface area contributed by atoms with Gasteiger partial charge in [0.15, 0.2) is 0 Å². The van der Waals surface area contributed by atoms with Gasteiger partial charge in [-0.05, 0) is 129 Å². The standard InChI is InChI=1S/C43H48N4O8S.2K/c1-2-47(35-21-17-32(18-22-35)43(52)53)56(54,55)37-8-6-7-33(27-37)40(48)45-39-24-23-36(46-25-4-3-5-26-46)28-38(39)41(49)44-34-19-13-30(14-20-34)10-9-29-11-15-31(16-12-29)42(50)51;;/h6-8,11-16,19-20,23-24,27-28,32,35H,2-5,9-10,17-18,21-22,25-26H2,1H3,(H,44,49)(H,45,48)(H,50,51)(H,52,53);;/q;2*+1/p-2. The molecular formula is C43H46K2N4O8S. The van der Waals surface area contributed by atoms with Crippen LogP contribution in [0.4, 0.5) is 17.1 Å². The van der Waals surface area contributed by atoms with Crippen molar-refractivity contribution in [1.82, 2.24) is 4.31 Å². The van der Waals surface area contributed by atoms with Crippen LogP contribution in [0.2, 0.25) is 0 Å². The molecule has 2 fully saturated rings. The number of carboxylic acid groups (broad SMARTS) is 2. The van der Waals surface area contributed by atoms with Crippen molar-refractivity contribution in [3.05, 3.63) is 119 Å². The maximum Gasteiger partial charge on any atom is 1.00 e. The SMILES string of the molecule is CCN(C1CCC(C(=O)[O-])CC1)S(=O)(=O)c1cccc(C(=O)Nc2ccc(N3CCCCC3)cc2C(=O)Nc2ccc(CCc3ccc(C(=O)[O-])cc3)cc2)c1.[K+].[K+]. The molecule has 1 saturated carbocycles. The summed E-state index contributed by atoms with van der Waals surface area (Å²) in [4.78, 5) is 52.2. The molecule has 1 saturated heterocycles. The smallest absolute Gasteiger partial charge is 0.550 e. The van der Waals surface area contributed by atoms with Gasteiger partial charge in [0.1, 0.15) is 0 Å². The predicted octanol–water partition coefficient (Wildman–Crippen LogP) is -1.34. The molecule has 0 bridgehead atoms. The van der Waals surface area contributed by atoms with E-state index in [4.69, 9.17) is 0 Å². The van der Waals surface area contributed by atoms with Crippen LogP contribution in [-0.4, -0.2) is 62.2 Å². The molecule has 1 heterocycles. The van der Waals surface area contributed by atoms with E-state index >= 15 is 0 Å². The summed E-state index contributed by atoms with van der Waals surface area (Å²) in [5.74, 6) is -3.93. The Kier molecular flexibility index (Phi) is 18.8. The van der Waals surface area contributed by atoms with Crippen molar-refractivity contribution < 1.29 is 141 Å². The first-order chi connectivity index (χ1) is 26.9. The van der Waals surface area contributed by atoms with Crippen molar-refractivity contribution in [2.24, 2.45) is 5.92 Å². The number of anilines is 3. The van der Waals surface area contributed by atoms with Crippen LogP contribution in [0.25, 0.3) is 0 Å². The van der Waals surface area contributed by atoms with Gasteiger partial charge < -0.3 is 35.3 Å². The van der Waals surface area contributed by atoms with Crippen LogP contribution in [-0.2, 0) is 27.7 Å². The van der Waals surface area contributed by atoms with Crippen LogP contribution < -0.4 is 129 Å². The van der Waals surface area contributed by atoms with Gasteiger partial charge in [0.25, 0.3) is 11.8 Å². The molecule has 2 N–H and O–H groups in total. The molecular weight excluding hydrogens is 811 g/mol. The van der Waals surface area contributed by atoms with E-state index in [0.717, 1.165) is 49.2 Å². The molecule has 6 rings (SSSR count). The Bertz CT molecular complexity index is 2170. The summed E-state index contributed by atoms with van der Waals surface area (Å²) in [6, 6.07) is 24.8. The number of rotatable bonds is 14. The number of aliphatic carboxylic acids is 1. The zero-order valence-corrected chi connectivity index (χ0v) is 40.4. The van der Waals surface area contributed by atoms with Crippen molar-refractivity contribution in [3.8, 4) is 0 Å². The van der Waals surface area contributed by atoms with Gasteiger partial charge in [-0.15, -0.1) is 0 Å². The van der Waals surface area contributed by atoms with Crippen LogP contribution in [0.5, 0.6) is 0 Å². The minimum atomic E-state index is -4.02. The summed E-state index contributed by atoms with van der Waals surface area (Å²) in [7, 11) is -4.02. The summed E-state index contributed by atoms with van der Waals surface area (Å²) >= 11 is 0. The molecule has 2 aliphatic rings. The van der Waals surface area contributed by atoms with Crippen LogP contribution in [0.15, 0.2) is 95.9 Å². The first-order valence-corrected chi connectivity index (χ1v) is 20.6. The first kappa shape index (κ1) is 48.4. The summed E-state index contributed by atoms with van der Waals surface area (Å²) in [5.41, 5.74) is 4.18. The summed E-state index contributed by atoms with van der Waals surface area (Å²) in [5, 5.41) is 28.2. The number of hydrogen-bond donors (Lipinski definition) is 2. The van der Waals surface area contributed by atoms with Gasteiger partial charge in [-0.3, -0.25) is 9.59 Å². The van der Waals surface area contributed by atoms with Gasteiger partial charge in [0.2, 0.25) is 10.0 Å². The average Bonchev–Trinajstić information content (AvgIpc) is 3.21. The second-order valence-corrected chi connectivity index (χ2v) is 16.3. The van der Waals surface area contributed by atoms with E-state index in [-0.39, 0.29) is 143 Å². The Morgan fingerprint density at radius 2 is 1.34 bits per heavy atom. The molecule has 0 aromatic heterocycles. The van der Waals surface area contributed by atoms with E-state index in [1.807, 2.05) is 18.2 Å². The van der Waals surface area contributed by atoms with E-state index in [2.05, 4.69) is 15.5 Å². The van der Waals surface area contributed by atoms with Gasteiger partial charge in [0.05, 0.1) is 22.1 Å².